The summed E-state index contributed by atoms with van der Waals surface area (Å²) >= 11 is 0. The summed E-state index contributed by atoms with van der Waals surface area (Å²) in [6.07, 6.45) is 7.14. The summed E-state index contributed by atoms with van der Waals surface area (Å²) in [4.78, 5) is 2.70. The molecule has 1 aliphatic carbocycles. The highest BCUT2D eigenvalue weighted by Crippen LogP contribution is 2.30. The van der Waals surface area contributed by atoms with Crippen LogP contribution in [-0.2, 0) is 6.54 Å². The van der Waals surface area contributed by atoms with E-state index in [9.17, 15) is 0 Å². The first-order valence-electron chi connectivity index (χ1n) is 8.44. The average molecular weight is 288 g/mol. The van der Waals surface area contributed by atoms with Gasteiger partial charge in [-0.15, -0.1) is 0 Å². The van der Waals surface area contributed by atoms with Crippen LogP contribution in [-0.4, -0.2) is 37.7 Å². The number of benzene rings is 1. The van der Waals surface area contributed by atoms with E-state index in [1.165, 1.54) is 50.8 Å². The number of nitrogens with zero attached hydrogens (tertiary/aromatic N) is 1. The van der Waals surface area contributed by atoms with Crippen molar-refractivity contribution in [2.24, 2.45) is 5.92 Å². The fourth-order valence-electron chi connectivity index (χ4n) is 3.91. The van der Waals surface area contributed by atoms with Gasteiger partial charge in [0.25, 0.3) is 0 Å². The first-order valence-corrected chi connectivity index (χ1v) is 8.44. The Morgan fingerprint density at radius 3 is 2.62 bits per heavy atom. The monoisotopic (exact) mass is 288 g/mol. The van der Waals surface area contributed by atoms with Crippen LogP contribution in [0.5, 0.6) is 5.75 Å². The molecule has 1 atom stereocenters. The summed E-state index contributed by atoms with van der Waals surface area (Å²) in [6.45, 7) is 4.54. The molecule has 3 nitrogen and oxygen atoms in total. The van der Waals surface area contributed by atoms with Gasteiger partial charge in [0.2, 0.25) is 0 Å². The molecule has 0 aromatic heterocycles. The zero-order valence-corrected chi connectivity index (χ0v) is 13.2. The van der Waals surface area contributed by atoms with Crippen molar-refractivity contribution < 1.29 is 4.74 Å². The molecule has 3 heteroatoms. The molecule has 1 saturated carbocycles. The molecule has 1 aromatic rings. The van der Waals surface area contributed by atoms with E-state index in [2.05, 4.69) is 34.5 Å². The fourth-order valence-corrected chi connectivity index (χ4v) is 3.91. The third kappa shape index (κ3) is 3.78. The number of piperazine rings is 1. The lowest BCUT2D eigenvalue weighted by atomic mass is 9.82. The Balaban J connectivity index is 1.65. The third-order valence-electron chi connectivity index (χ3n) is 5.14. The predicted molar refractivity (Wildman–Crippen MR) is 86.6 cm³/mol. The van der Waals surface area contributed by atoms with E-state index in [1.54, 1.807) is 7.11 Å². The van der Waals surface area contributed by atoms with Crippen LogP contribution in [0, 0.1) is 5.92 Å². The smallest absolute Gasteiger partial charge is 0.118 e. The lowest BCUT2D eigenvalue weighted by Gasteiger charge is -2.42. The van der Waals surface area contributed by atoms with E-state index in [0.29, 0.717) is 0 Å². The van der Waals surface area contributed by atoms with Crippen molar-refractivity contribution in [3.63, 3.8) is 0 Å². The lowest BCUT2D eigenvalue weighted by Crippen LogP contribution is -2.54. The van der Waals surface area contributed by atoms with Crippen molar-refractivity contribution in [1.29, 1.82) is 0 Å². The fraction of sp³-hybridized carbons (Fsp3) is 0.667. The summed E-state index contributed by atoms with van der Waals surface area (Å²) < 4.78 is 5.25. The second kappa shape index (κ2) is 7.28. The van der Waals surface area contributed by atoms with Crippen molar-refractivity contribution >= 4 is 0 Å². The molecule has 0 amide bonds. The first kappa shape index (κ1) is 14.9. The van der Waals surface area contributed by atoms with Gasteiger partial charge in [0.1, 0.15) is 5.75 Å². The van der Waals surface area contributed by atoms with Crippen molar-refractivity contribution in [2.75, 3.05) is 26.7 Å². The lowest BCUT2D eigenvalue weighted by molar-refractivity contribution is 0.0860. The largest absolute Gasteiger partial charge is 0.497 e. The van der Waals surface area contributed by atoms with E-state index in [-0.39, 0.29) is 0 Å². The normalized spacial score (nSPS) is 24.9. The summed E-state index contributed by atoms with van der Waals surface area (Å²) in [5.74, 6) is 1.84. The number of rotatable bonds is 4. The van der Waals surface area contributed by atoms with E-state index in [0.717, 1.165) is 30.8 Å². The highest BCUT2D eigenvalue weighted by molar-refractivity contribution is 5.27. The number of methoxy groups -OCH3 is 1. The Kier molecular flexibility index (Phi) is 5.15. The minimum atomic E-state index is 0.723. The van der Waals surface area contributed by atoms with Crippen LogP contribution < -0.4 is 10.1 Å². The predicted octanol–water partition coefficient (Wildman–Crippen LogP) is 3.05. The molecule has 1 unspecified atom stereocenters. The van der Waals surface area contributed by atoms with Gasteiger partial charge in [-0.1, -0.05) is 31.4 Å². The maximum absolute atomic E-state index is 5.25. The molecule has 1 saturated heterocycles. The van der Waals surface area contributed by atoms with Gasteiger partial charge >= 0.3 is 0 Å². The molecule has 0 bridgehead atoms. The van der Waals surface area contributed by atoms with Crippen LogP contribution in [0.1, 0.15) is 37.7 Å². The van der Waals surface area contributed by atoms with Gasteiger partial charge in [-0.3, -0.25) is 4.90 Å². The molecular formula is C18H28N2O. The molecule has 1 N–H and O–H groups in total. The molecule has 0 spiro atoms. The average Bonchev–Trinajstić information content (AvgIpc) is 2.57. The summed E-state index contributed by atoms with van der Waals surface area (Å²) in [6, 6.07) is 9.29. The highest BCUT2D eigenvalue weighted by Gasteiger charge is 2.30. The Morgan fingerprint density at radius 1 is 1.14 bits per heavy atom. The Hall–Kier alpha value is -1.06. The summed E-state index contributed by atoms with van der Waals surface area (Å²) in [5, 5.41) is 3.60. The molecule has 0 radical (unpaired) electrons. The Morgan fingerprint density at radius 2 is 1.90 bits per heavy atom. The van der Waals surface area contributed by atoms with Crippen LogP contribution >= 0.6 is 0 Å². The van der Waals surface area contributed by atoms with E-state index in [1.807, 2.05) is 0 Å². The number of hydrogen-bond acceptors (Lipinski definition) is 3. The molecule has 1 aromatic carbocycles. The van der Waals surface area contributed by atoms with Gasteiger partial charge < -0.3 is 10.1 Å². The van der Waals surface area contributed by atoms with Gasteiger partial charge in [-0.2, -0.15) is 0 Å². The third-order valence-corrected chi connectivity index (χ3v) is 5.14. The molecule has 2 fully saturated rings. The molecule has 1 heterocycles. The summed E-state index contributed by atoms with van der Waals surface area (Å²) in [5.41, 5.74) is 1.40. The van der Waals surface area contributed by atoms with Crippen molar-refractivity contribution in [3.8, 4) is 5.75 Å². The van der Waals surface area contributed by atoms with E-state index < -0.39 is 0 Å². The van der Waals surface area contributed by atoms with Crippen LogP contribution in [0.2, 0.25) is 0 Å². The standard InChI is InChI=1S/C18H28N2O/c1-21-17-9-7-15(8-10-17)14-20-12-11-19-13-18(20)16-5-3-2-4-6-16/h7-10,16,18-19H,2-6,11-14H2,1H3. The molecule has 1 aliphatic heterocycles. The zero-order valence-electron chi connectivity index (χ0n) is 13.2. The van der Waals surface area contributed by atoms with E-state index in [4.69, 9.17) is 4.74 Å². The van der Waals surface area contributed by atoms with Crippen molar-refractivity contribution in [2.45, 2.75) is 44.7 Å². The van der Waals surface area contributed by atoms with Gasteiger partial charge in [0.15, 0.2) is 0 Å². The maximum atomic E-state index is 5.25. The van der Waals surface area contributed by atoms with Gasteiger partial charge in [0.05, 0.1) is 7.11 Å². The second-order valence-electron chi connectivity index (χ2n) is 6.49. The molecular weight excluding hydrogens is 260 g/mol. The van der Waals surface area contributed by atoms with Crippen LogP contribution in [0.4, 0.5) is 0 Å². The van der Waals surface area contributed by atoms with Crippen LogP contribution in [0.3, 0.4) is 0 Å². The molecule has 2 aliphatic rings. The maximum Gasteiger partial charge on any atom is 0.118 e. The first-order chi connectivity index (χ1) is 10.4. The van der Waals surface area contributed by atoms with Crippen molar-refractivity contribution in [3.05, 3.63) is 29.8 Å². The Labute approximate surface area is 128 Å². The van der Waals surface area contributed by atoms with Crippen LogP contribution in [0.15, 0.2) is 24.3 Å². The quantitative estimate of drug-likeness (QED) is 0.921. The zero-order chi connectivity index (χ0) is 14.5. The minimum absolute atomic E-state index is 0.723. The van der Waals surface area contributed by atoms with Crippen LogP contribution in [0.25, 0.3) is 0 Å². The van der Waals surface area contributed by atoms with Gasteiger partial charge in [-0.05, 0) is 36.5 Å². The van der Waals surface area contributed by atoms with E-state index >= 15 is 0 Å². The summed E-state index contributed by atoms with van der Waals surface area (Å²) in [7, 11) is 1.73. The second-order valence-corrected chi connectivity index (χ2v) is 6.49. The van der Waals surface area contributed by atoms with Crippen molar-refractivity contribution in [1.82, 2.24) is 10.2 Å². The number of ether oxygens (including phenoxy) is 1. The number of nitrogens with one attached hydrogen (secondary N) is 1. The highest BCUT2D eigenvalue weighted by atomic mass is 16.5. The Bertz CT molecular complexity index is 425. The number of hydrogen-bond donors (Lipinski definition) is 1. The minimum Gasteiger partial charge on any atom is -0.497 e. The topological polar surface area (TPSA) is 24.5 Å². The van der Waals surface area contributed by atoms with Gasteiger partial charge in [0, 0.05) is 32.2 Å². The van der Waals surface area contributed by atoms with Gasteiger partial charge in [-0.25, -0.2) is 0 Å². The molecule has 21 heavy (non-hydrogen) atoms. The molecule has 116 valence electrons. The molecule has 3 rings (SSSR count). The SMILES string of the molecule is COc1ccc(CN2CCNCC2C2CCCCC2)cc1.